The number of aromatic nitrogens is 2. The highest BCUT2D eigenvalue weighted by Gasteiger charge is 1.94. The van der Waals surface area contributed by atoms with Gasteiger partial charge in [-0.2, -0.15) is 0 Å². The molecule has 1 heterocycles. The summed E-state index contributed by atoms with van der Waals surface area (Å²) in [4.78, 5) is 13.9. The molecule has 0 unspecified atom stereocenters. The van der Waals surface area contributed by atoms with Crippen LogP contribution in [0.5, 0.6) is 0 Å². The minimum absolute atomic E-state index is 0.382. The average Bonchev–Trinajstić information content (AvgIpc) is 2.15. The molecule has 5 heteroatoms. The maximum atomic E-state index is 5.61. The molecule has 1 aromatic rings. The van der Waals surface area contributed by atoms with Gasteiger partial charge in [0.15, 0.2) is 5.82 Å². The summed E-state index contributed by atoms with van der Waals surface area (Å²) in [6, 6.07) is 1.76. The van der Waals surface area contributed by atoms with E-state index in [1.54, 1.807) is 12.4 Å². The molecule has 70 valence electrons. The third kappa shape index (κ3) is 3.38. The van der Waals surface area contributed by atoms with Crippen molar-refractivity contribution in [2.45, 2.75) is 5.88 Å². The Morgan fingerprint density at radius 2 is 2.31 bits per heavy atom. The van der Waals surface area contributed by atoms with Gasteiger partial charge in [0.1, 0.15) is 6.33 Å². The summed E-state index contributed by atoms with van der Waals surface area (Å²) in [7, 11) is 3.79. The Labute approximate surface area is 82.3 Å². The number of aliphatic imine (C=N–C) groups is 1. The van der Waals surface area contributed by atoms with Gasteiger partial charge in [0.05, 0.1) is 17.9 Å². The van der Waals surface area contributed by atoms with E-state index in [1.807, 2.05) is 19.0 Å². The summed E-state index contributed by atoms with van der Waals surface area (Å²) in [5.41, 5.74) is 0.780. The van der Waals surface area contributed by atoms with Crippen molar-refractivity contribution in [3.8, 4) is 0 Å². The van der Waals surface area contributed by atoms with Crippen LogP contribution in [0.4, 0.5) is 5.82 Å². The Morgan fingerprint density at radius 3 is 2.92 bits per heavy atom. The largest absolute Gasteiger partial charge is 0.369 e. The number of hydrogen-bond donors (Lipinski definition) is 0. The standard InChI is InChI=1S/C8H11ClN4/c1-13(2)6-12-8-3-7(4-9)10-5-11-8/h3,5-6H,4H2,1-2H3. The molecule has 0 bridgehead atoms. The van der Waals surface area contributed by atoms with Crippen LogP contribution in [0.2, 0.25) is 0 Å². The van der Waals surface area contributed by atoms with E-state index >= 15 is 0 Å². The molecule has 0 aliphatic heterocycles. The zero-order chi connectivity index (χ0) is 9.68. The van der Waals surface area contributed by atoms with Gasteiger partial charge in [-0.1, -0.05) is 0 Å². The second-order valence-electron chi connectivity index (χ2n) is 2.71. The molecule has 13 heavy (non-hydrogen) atoms. The van der Waals surface area contributed by atoms with Gasteiger partial charge in [-0.3, -0.25) is 0 Å². The first-order chi connectivity index (χ1) is 6.22. The van der Waals surface area contributed by atoms with Gasteiger partial charge in [0.2, 0.25) is 0 Å². The maximum absolute atomic E-state index is 5.61. The topological polar surface area (TPSA) is 41.4 Å². The van der Waals surface area contributed by atoms with Crippen LogP contribution < -0.4 is 0 Å². The molecule has 0 radical (unpaired) electrons. The van der Waals surface area contributed by atoms with Gasteiger partial charge in [-0.25, -0.2) is 15.0 Å². The van der Waals surface area contributed by atoms with E-state index in [-0.39, 0.29) is 0 Å². The number of halogens is 1. The highest BCUT2D eigenvalue weighted by Crippen LogP contribution is 2.08. The summed E-state index contributed by atoms with van der Waals surface area (Å²) < 4.78 is 0. The quantitative estimate of drug-likeness (QED) is 0.419. The lowest BCUT2D eigenvalue weighted by atomic mass is 10.4. The molecule has 0 spiro atoms. The molecule has 0 saturated heterocycles. The second kappa shape index (κ2) is 4.77. The van der Waals surface area contributed by atoms with Gasteiger partial charge in [0, 0.05) is 20.2 Å². The first-order valence-corrected chi connectivity index (χ1v) is 4.33. The molecule has 0 aromatic carbocycles. The normalized spacial score (nSPS) is 10.7. The van der Waals surface area contributed by atoms with E-state index in [4.69, 9.17) is 11.6 Å². The summed E-state index contributed by atoms with van der Waals surface area (Å²) in [5, 5.41) is 0. The van der Waals surface area contributed by atoms with Gasteiger partial charge in [-0.05, 0) is 0 Å². The van der Waals surface area contributed by atoms with E-state index in [0.29, 0.717) is 11.7 Å². The zero-order valence-corrected chi connectivity index (χ0v) is 8.36. The minimum atomic E-state index is 0.382. The molecule has 0 fully saturated rings. The van der Waals surface area contributed by atoms with Crippen LogP contribution in [0.1, 0.15) is 5.69 Å². The Balaban J connectivity index is 2.77. The average molecular weight is 199 g/mol. The Kier molecular flexibility index (Phi) is 3.64. The highest BCUT2D eigenvalue weighted by molar-refractivity contribution is 6.16. The molecule has 0 atom stereocenters. The van der Waals surface area contributed by atoms with Crippen LogP contribution in [0.3, 0.4) is 0 Å². The van der Waals surface area contributed by atoms with Crippen LogP contribution in [-0.4, -0.2) is 35.3 Å². The predicted molar refractivity (Wildman–Crippen MR) is 53.4 cm³/mol. The van der Waals surface area contributed by atoms with Crippen LogP contribution in [0, 0.1) is 0 Å². The predicted octanol–water partition coefficient (Wildman–Crippen LogP) is 1.44. The molecule has 4 nitrogen and oxygen atoms in total. The second-order valence-corrected chi connectivity index (χ2v) is 2.98. The van der Waals surface area contributed by atoms with E-state index in [0.717, 1.165) is 5.69 Å². The lowest BCUT2D eigenvalue weighted by Gasteiger charge is -2.01. The molecular weight excluding hydrogens is 188 g/mol. The number of alkyl halides is 1. The van der Waals surface area contributed by atoms with E-state index in [2.05, 4.69) is 15.0 Å². The van der Waals surface area contributed by atoms with Crippen LogP contribution in [0.15, 0.2) is 17.4 Å². The van der Waals surface area contributed by atoms with Crippen molar-refractivity contribution < 1.29 is 0 Å². The third-order valence-corrected chi connectivity index (χ3v) is 1.54. The molecule has 1 aromatic heterocycles. The maximum Gasteiger partial charge on any atom is 0.157 e. The van der Waals surface area contributed by atoms with E-state index < -0.39 is 0 Å². The summed E-state index contributed by atoms with van der Waals surface area (Å²) in [5.74, 6) is 1.01. The van der Waals surface area contributed by atoms with Gasteiger partial charge >= 0.3 is 0 Å². The first kappa shape index (κ1) is 9.92. The Morgan fingerprint density at radius 1 is 1.54 bits per heavy atom. The monoisotopic (exact) mass is 198 g/mol. The molecule has 0 saturated carbocycles. The van der Waals surface area contributed by atoms with Crippen molar-refractivity contribution in [1.29, 1.82) is 0 Å². The first-order valence-electron chi connectivity index (χ1n) is 3.80. The minimum Gasteiger partial charge on any atom is -0.369 e. The van der Waals surface area contributed by atoms with E-state index in [9.17, 15) is 0 Å². The van der Waals surface area contributed by atoms with Gasteiger partial charge in [0.25, 0.3) is 0 Å². The van der Waals surface area contributed by atoms with Crippen LogP contribution >= 0.6 is 11.6 Å². The number of hydrogen-bond acceptors (Lipinski definition) is 3. The molecular formula is C8H11ClN4. The van der Waals surface area contributed by atoms with Crippen molar-refractivity contribution in [2.24, 2.45) is 4.99 Å². The lowest BCUT2D eigenvalue weighted by Crippen LogP contribution is -2.07. The Hall–Kier alpha value is -1.16. The van der Waals surface area contributed by atoms with Crippen molar-refractivity contribution in [1.82, 2.24) is 14.9 Å². The fraction of sp³-hybridized carbons (Fsp3) is 0.375. The summed E-state index contributed by atoms with van der Waals surface area (Å²) >= 11 is 5.61. The van der Waals surface area contributed by atoms with Crippen molar-refractivity contribution in [2.75, 3.05) is 14.1 Å². The van der Waals surface area contributed by atoms with E-state index in [1.165, 1.54) is 6.33 Å². The van der Waals surface area contributed by atoms with Crippen LogP contribution in [-0.2, 0) is 5.88 Å². The zero-order valence-electron chi connectivity index (χ0n) is 7.61. The van der Waals surface area contributed by atoms with Crippen LogP contribution in [0.25, 0.3) is 0 Å². The summed E-state index contributed by atoms with van der Waals surface area (Å²) in [6.45, 7) is 0. The number of nitrogens with zero attached hydrogens (tertiary/aromatic N) is 4. The lowest BCUT2D eigenvalue weighted by molar-refractivity contribution is 0.643. The number of rotatable bonds is 3. The SMILES string of the molecule is CN(C)C=Nc1cc(CCl)ncn1. The van der Waals surface area contributed by atoms with Crippen molar-refractivity contribution in [3.63, 3.8) is 0 Å². The fourth-order valence-electron chi connectivity index (χ4n) is 0.704. The van der Waals surface area contributed by atoms with Crippen molar-refractivity contribution in [3.05, 3.63) is 18.1 Å². The van der Waals surface area contributed by atoms with Crippen molar-refractivity contribution >= 4 is 23.8 Å². The molecule has 0 aliphatic carbocycles. The highest BCUT2D eigenvalue weighted by atomic mass is 35.5. The van der Waals surface area contributed by atoms with Gasteiger partial charge < -0.3 is 4.90 Å². The van der Waals surface area contributed by atoms with Gasteiger partial charge in [-0.15, -0.1) is 11.6 Å². The smallest absolute Gasteiger partial charge is 0.157 e. The molecule has 1 rings (SSSR count). The Bertz CT molecular complexity index is 298. The molecule has 0 aliphatic rings. The summed E-state index contributed by atoms with van der Waals surface area (Å²) in [6.07, 6.45) is 3.14. The fourth-order valence-corrected chi connectivity index (χ4v) is 0.850. The third-order valence-electron chi connectivity index (χ3n) is 1.27. The molecule has 0 amide bonds. The molecule has 0 N–H and O–H groups in total.